The summed E-state index contributed by atoms with van der Waals surface area (Å²) < 4.78 is 0. The Labute approximate surface area is 100 Å². The number of carbonyl (C=O) groups excluding carboxylic acids is 1. The van der Waals surface area contributed by atoms with Crippen molar-refractivity contribution in [3.05, 3.63) is 0 Å². The van der Waals surface area contributed by atoms with Crippen LogP contribution >= 0.6 is 0 Å². The van der Waals surface area contributed by atoms with Crippen molar-refractivity contribution < 1.29 is 4.79 Å². The van der Waals surface area contributed by atoms with Gasteiger partial charge in [-0.15, -0.1) is 0 Å². The van der Waals surface area contributed by atoms with Gasteiger partial charge in [0.1, 0.15) is 0 Å². The highest BCUT2D eigenvalue weighted by atomic mass is 16.2. The highest BCUT2D eigenvalue weighted by Crippen LogP contribution is 2.30. The Balaban J connectivity index is 2.65. The summed E-state index contributed by atoms with van der Waals surface area (Å²) in [5.41, 5.74) is -0.129. The van der Waals surface area contributed by atoms with Crippen molar-refractivity contribution >= 4 is 5.91 Å². The number of hydrogen-bond donors (Lipinski definition) is 0. The number of carbonyl (C=O) groups is 1. The smallest absolute Gasteiger partial charge is 0.228 e. The summed E-state index contributed by atoms with van der Waals surface area (Å²) in [5, 5.41) is 0. The van der Waals surface area contributed by atoms with Gasteiger partial charge in [0.15, 0.2) is 0 Å². The molecule has 0 aromatic rings. The summed E-state index contributed by atoms with van der Waals surface area (Å²) in [7, 11) is 0. The van der Waals surface area contributed by atoms with Crippen LogP contribution in [0.4, 0.5) is 0 Å². The second-order valence-corrected chi connectivity index (χ2v) is 5.44. The maximum absolute atomic E-state index is 12.5. The Hall–Kier alpha value is -0.530. The van der Waals surface area contributed by atoms with Crippen LogP contribution in [0.25, 0.3) is 0 Å². The van der Waals surface area contributed by atoms with Gasteiger partial charge in [0, 0.05) is 18.5 Å². The summed E-state index contributed by atoms with van der Waals surface area (Å²) in [4.78, 5) is 14.6. The normalized spacial score (nSPS) is 22.2. The minimum absolute atomic E-state index is 0.129. The summed E-state index contributed by atoms with van der Waals surface area (Å²) in [6, 6.07) is 0. The molecule has 0 bridgehead atoms. The molecule has 2 nitrogen and oxygen atoms in total. The molecule has 0 saturated carbocycles. The van der Waals surface area contributed by atoms with Crippen LogP contribution in [0.15, 0.2) is 0 Å². The third-order valence-electron chi connectivity index (χ3n) is 4.46. The summed E-state index contributed by atoms with van der Waals surface area (Å²) in [5.74, 6) is 1.12. The number of likely N-dealkylation sites (tertiary alicyclic amines) is 1. The van der Waals surface area contributed by atoms with Gasteiger partial charge in [-0.2, -0.15) is 0 Å². The fourth-order valence-electron chi connectivity index (χ4n) is 2.52. The van der Waals surface area contributed by atoms with Crippen molar-refractivity contribution in [3.8, 4) is 0 Å². The zero-order valence-corrected chi connectivity index (χ0v) is 11.4. The SMILES string of the molecule is CC[C@@H]1CCCN(C(=O)C(C)(CC)CC)C1. The van der Waals surface area contributed by atoms with Crippen LogP contribution in [0.3, 0.4) is 0 Å². The van der Waals surface area contributed by atoms with E-state index in [0.29, 0.717) is 5.91 Å². The number of nitrogens with zero attached hydrogens (tertiary/aromatic N) is 1. The molecule has 1 amide bonds. The van der Waals surface area contributed by atoms with Crippen molar-refractivity contribution in [1.29, 1.82) is 0 Å². The van der Waals surface area contributed by atoms with Crippen LogP contribution in [0.5, 0.6) is 0 Å². The first kappa shape index (κ1) is 13.5. The van der Waals surface area contributed by atoms with E-state index in [4.69, 9.17) is 0 Å². The molecule has 1 heterocycles. The van der Waals surface area contributed by atoms with Gasteiger partial charge in [0.2, 0.25) is 5.91 Å². The zero-order valence-electron chi connectivity index (χ0n) is 11.4. The largest absolute Gasteiger partial charge is 0.342 e. The molecule has 94 valence electrons. The Morgan fingerprint density at radius 1 is 1.31 bits per heavy atom. The quantitative estimate of drug-likeness (QED) is 0.717. The molecule has 1 aliphatic rings. The van der Waals surface area contributed by atoms with Crippen LogP contribution in [0.1, 0.15) is 59.8 Å². The minimum Gasteiger partial charge on any atom is -0.342 e. The van der Waals surface area contributed by atoms with Crippen LogP contribution in [-0.4, -0.2) is 23.9 Å². The van der Waals surface area contributed by atoms with Crippen LogP contribution in [0.2, 0.25) is 0 Å². The van der Waals surface area contributed by atoms with E-state index in [9.17, 15) is 4.79 Å². The van der Waals surface area contributed by atoms with Crippen molar-refractivity contribution in [2.24, 2.45) is 11.3 Å². The van der Waals surface area contributed by atoms with E-state index in [1.54, 1.807) is 0 Å². The maximum Gasteiger partial charge on any atom is 0.228 e. The molecular formula is C14H27NO. The van der Waals surface area contributed by atoms with E-state index < -0.39 is 0 Å². The summed E-state index contributed by atoms with van der Waals surface area (Å²) in [6.07, 6.45) is 5.60. The molecule has 16 heavy (non-hydrogen) atoms. The van der Waals surface area contributed by atoms with Crippen molar-refractivity contribution in [1.82, 2.24) is 4.90 Å². The molecule has 0 unspecified atom stereocenters. The minimum atomic E-state index is -0.129. The number of rotatable bonds is 4. The van der Waals surface area contributed by atoms with Crippen molar-refractivity contribution in [2.45, 2.75) is 59.8 Å². The van der Waals surface area contributed by atoms with Gasteiger partial charge in [-0.1, -0.05) is 34.1 Å². The molecule has 1 fully saturated rings. The van der Waals surface area contributed by atoms with E-state index in [0.717, 1.165) is 31.8 Å². The third-order valence-corrected chi connectivity index (χ3v) is 4.46. The Morgan fingerprint density at radius 2 is 1.94 bits per heavy atom. The Kier molecular flexibility index (Phi) is 4.82. The summed E-state index contributed by atoms with van der Waals surface area (Å²) >= 11 is 0. The second-order valence-electron chi connectivity index (χ2n) is 5.44. The Morgan fingerprint density at radius 3 is 2.44 bits per heavy atom. The molecule has 1 atom stereocenters. The highest BCUT2D eigenvalue weighted by molar-refractivity contribution is 5.82. The molecule has 0 aromatic heterocycles. The monoisotopic (exact) mass is 225 g/mol. The predicted octanol–water partition coefficient (Wildman–Crippen LogP) is 3.46. The number of hydrogen-bond acceptors (Lipinski definition) is 1. The molecular weight excluding hydrogens is 198 g/mol. The van der Waals surface area contributed by atoms with Gasteiger partial charge in [-0.25, -0.2) is 0 Å². The van der Waals surface area contributed by atoms with E-state index in [1.807, 2.05) is 0 Å². The molecule has 0 aromatic carbocycles. The lowest BCUT2D eigenvalue weighted by Gasteiger charge is -2.38. The van der Waals surface area contributed by atoms with E-state index in [1.165, 1.54) is 19.3 Å². The topological polar surface area (TPSA) is 20.3 Å². The lowest BCUT2D eigenvalue weighted by atomic mass is 9.82. The number of amides is 1. The lowest BCUT2D eigenvalue weighted by Crippen LogP contribution is -2.46. The molecule has 0 N–H and O–H groups in total. The maximum atomic E-state index is 12.5. The van der Waals surface area contributed by atoms with Crippen molar-refractivity contribution in [2.75, 3.05) is 13.1 Å². The molecule has 2 heteroatoms. The third kappa shape index (κ3) is 2.78. The van der Waals surface area contributed by atoms with Gasteiger partial charge in [0.05, 0.1) is 0 Å². The fraction of sp³-hybridized carbons (Fsp3) is 0.929. The van der Waals surface area contributed by atoms with Crippen LogP contribution < -0.4 is 0 Å². The van der Waals surface area contributed by atoms with Gasteiger partial charge < -0.3 is 4.90 Å². The van der Waals surface area contributed by atoms with E-state index in [-0.39, 0.29) is 5.41 Å². The van der Waals surface area contributed by atoms with E-state index in [2.05, 4.69) is 32.6 Å². The number of piperidine rings is 1. The molecule has 0 aliphatic carbocycles. The predicted molar refractivity (Wildman–Crippen MR) is 68.3 cm³/mol. The standard InChI is InChI=1S/C14H27NO/c1-5-12-9-8-10-15(11-12)13(16)14(4,6-2)7-3/h12H,5-11H2,1-4H3/t12-/m1/s1. The average molecular weight is 225 g/mol. The molecule has 1 saturated heterocycles. The van der Waals surface area contributed by atoms with Crippen molar-refractivity contribution in [3.63, 3.8) is 0 Å². The highest BCUT2D eigenvalue weighted by Gasteiger charge is 2.34. The van der Waals surface area contributed by atoms with Gasteiger partial charge >= 0.3 is 0 Å². The molecule has 0 spiro atoms. The van der Waals surface area contributed by atoms with Gasteiger partial charge in [-0.3, -0.25) is 4.79 Å². The second kappa shape index (κ2) is 5.70. The molecule has 1 aliphatic heterocycles. The first-order valence-electron chi connectivity index (χ1n) is 6.86. The average Bonchev–Trinajstić information content (AvgIpc) is 2.37. The van der Waals surface area contributed by atoms with E-state index >= 15 is 0 Å². The Bertz CT molecular complexity index is 233. The first-order chi connectivity index (χ1) is 7.57. The summed E-state index contributed by atoms with van der Waals surface area (Å²) in [6.45, 7) is 10.6. The van der Waals surface area contributed by atoms with Crippen LogP contribution in [0, 0.1) is 11.3 Å². The van der Waals surface area contributed by atoms with Gasteiger partial charge in [0.25, 0.3) is 0 Å². The zero-order chi connectivity index (χ0) is 12.2. The fourth-order valence-corrected chi connectivity index (χ4v) is 2.52. The first-order valence-corrected chi connectivity index (χ1v) is 6.86. The molecule has 1 rings (SSSR count). The van der Waals surface area contributed by atoms with Crippen LogP contribution in [-0.2, 0) is 4.79 Å². The molecule has 0 radical (unpaired) electrons. The lowest BCUT2D eigenvalue weighted by molar-refractivity contribution is -0.143. The van der Waals surface area contributed by atoms with Gasteiger partial charge in [-0.05, 0) is 31.6 Å².